The van der Waals surface area contributed by atoms with E-state index in [4.69, 9.17) is 0 Å². The van der Waals surface area contributed by atoms with Gasteiger partial charge in [0.1, 0.15) is 17.6 Å². The maximum absolute atomic E-state index is 12.1. The van der Waals surface area contributed by atoms with Crippen LogP contribution in [0.15, 0.2) is 42.6 Å². The fourth-order valence-electron chi connectivity index (χ4n) is 3.32. The zero-order valence-corrected chi connectivity index (χ0v) is 16.1. The predicted molar refractivity (Wildman–Crippen MR) is 109 cm³/mol. The second-order valence-electron chi connectivity index (χ2n) is 6.86. The van der Waals surface area contributed by atoms with Crippen LogP contribution in [0.1, 0.15) is 18.4 Å². The van der Waals surface area contributed by atoms with Crippen molar-refractivity contribution in [3.63, 3.8) is 0 Å². The van der Waals surface area contributed by atoms with Crippen molar-refractivity contribution >= 4 is 29.0 Å². The standard InChI is InChI=1S/C20H20N6O4/c21-12-15-4-3-9-22-18(15)25-10-7-14(8-11-25)13-23-19(27)20(28)24-16-5-1-2-6-17(16)26(29)30/h1-6,9,14H,7-8,10-11,13H2,(H,23,27)(H,24,28). The summed E-state index contributed by atoms with van der Waals surface area (Å²) in [5.41, 5.74) is 0.216. The summed E-state index contributed by atoms with van der Waals surface area (Å²) in [5, 5.41) is 25.1. The summed E-state index contributed by atoms with van der Waals surface area (Å²) in [6.45, 7) is 1.70. The highest BCUT2D eigenvalue weighted by Crippen LogP contribution is 2.24. The molecule has 1 aromatic heterocycles. The van der Waals surface area contributed by atoms with E-state index in [9.17, 15) is 25.0 Å². The minimum absolute atomic E-state index is 0.0281. The van der Waals surface area contributed by atoms with Crippen molar-refractivity contribution in [1.29, 1.82) is 5.26 Å². The molecule has 1 saturated heterocycles. The van der Waals surface area contributed by atoms with E-state index in [1.165, 1.54) is 24.3 Å². The first kappa shape index (κ1) is 20.7. The van der Waals surface area contributed by atoms with Crippen molar-refractivity contribution in [2.75, 3.05) is 29.9 Å². The maximum atomic E-state index is 12.1. The van der Waals surface area contributed by atoms with Gasteiger partial charge in [0.25, 0.3) is 5.69 Å². The number of nitrogens with one attached hydrogen (secondary N) is 2. The van der Waals surface area contributed by atoms with Gasteiger partial charge in [0.05, 0.1) is 10.5 Å². The van der Waals surface area contributed by atoms with Crippen molar-refractivity contribution in [2.24, 2.45) is 5.92 Å². The number of nitrogens with zero attached hydrogens (tertiary/aromatic N) is 4. The Labute approximate surface area is 172 Å². The Balaban J connectivity index is 1.49. The van der Waals surface area contributed by atoms with Crippen molar-refractivity contribution in [3.8, 4) is 6.07 Å². The summed E-state index contributed by atoms with van der Waals surface area (Å²) in [6.07, 6.45) is 3.19. The van der Waals surface area contributed by atoms with E-state index in [-0.39, 0.29) is 17.3 Å². The van der Waals surface area contributed by atoms with E-state index in [1.54, 1.807) is 18.3 Å². The van der Waals surface area contributed by atoms with Crippen molar-refractivity contribution in [2.45, 2.75) is 12.8 Å². The number of benzene rings is 1. The number of hydrogen-bond donors (Lipinski definition) is 2. The molecule has 154 valence electrons. The first-order valence-corrected chi connectivity index (χ1v) is 9.42. The van der Waals surface area contributed by atoms with Gasteiger partial charge < -0.3 is 15.5 Å². The van der Waals surface area contributed by atoms with E-state index in [0.717, 1.165) is 12.8 Å². The van der Waals surface area contributed by atoms with Crippen LogP contribution in [-0.4, -0.2) is 41.4 Å². The lowest BCUT2D eigenvalue weighted by molar-refractivity contribution is -0.383. The summed E-state index contributed by atoms with van der Waals surface area (Å²) in [5.74, 6) is -0.953. The number of piperidine rings is 1. The molecule has 0 spiro atoms. The SMILES string of the molecule is N#Cc1cccnc1N1CCC(CNC(=O)C(=O)Nc2ccccc2[N+](=O)[O-])CC1. The second kappa shape index (κ2) is 9.47. The third-order valence-corrected chi connectivity index (χ3v) is 4.93. The lowest BCUT2D eigenvalue weighted by atomic mass is 9.96. The number of amides is 2. The Morgan fingerprint density at radius 1 is 1.20 bits per heavy atom. The monoisotopic (exact) mass is 408 g/mol. The molecule has 2 aromatic rings. The number of hydrogen-bond acceptors (Lipinski definition) is 7. The molecule has 0 bridgehead atoms. The van der Waals surface area contributed by atoms with Gasteiger partial charge in [-0.2, -0.15) is 5.26 Å². The van der Waals surface area contributed by atoms with Gasteiger partial charge in [0.2, 0.25) is 0 Å². The van der Waals surface area contributed by atoms with Crippen molar-refractivity contribution in [1.82, 2.24) is 10.3 Å². The normalized spacial score (nSPS) is 13.9. The number of nitro benzene ring substituents is 1. The van der Waals surface area contributed by atoms with Gasteiger partial charge in [0, 0.05) is 31.9 Å². The van der Waals surface area contributed by atoms with Crippen LogP contribution in [0.5, 0.6) is 0 Å². The van der Waals surface area contributed by atoms with Crippen LogP contribution >= 0.6 is 0 Å². The molecule has 1 aliphatic heterocycles. The number of carbonyl (C=O) groups excluding carboxylic acids is 2. The third-order valence-electron chi connectivity index (χ3n) is 4.93. The largest absolute Gasteiger partial charge is 0.356 e. The van der Waals surface area contributed by atoms with Gasteiger partial charge in [-0.3, -0.25) is 19.7 Å². The zero-order chi connectivity index (χ0) is 21.5. The minimum atomic E-state index is -0.950. The molecular formula is C20H20N6O4. The Kier molecular flexibility index (Phi) is 6.54. The summed E-state index contributed by atoms with van der Waals surface area (Å²) in [7, 11) is 0. The molecule has 0 saturated carbocycles. The van der Waals surface area contributed by atoms with E-state index in [0.29, 0.717) is 31.0 Å². The number of carbonyl (C=O) groups is 2. The van der Waals surface area contributed by atoms with E-state index >= 15 is 0 Å². The van der Waals surface area contributed by atoms with Crippen LogP contribution in [0.25, 0.3) is 0 Å². The average Bonchev–Trinajstić information content (AvgIpc) is 2.78. The van der Waals surface area contributed by atoms with Gasteiger partial charge in [-0.15, -0.1) is 0 Å². The molecule has 0 radical (unpaired) electrons. The van der Waals surface area contributed by atoms with Gasteiger partial charge in [-0.1, -0.05) is 12.1 Å². The fraction of sp³-hybridized carbons (Fsp3) is 0.300. The Hall–Kier alpha value is -4.00. The number of anilines is 2. The van der Waals surface area contributed by atoms with Gasteiger partial charge in [-0.05, 0) is 37.0 Å². The van der Waals surface area contributed by atoms with Crippen LogP contribution in [0.2, 0.25) is 0 Å². The van der Waals surface area contributed by atoms with E-state index in [1.807, 2.05) is 4.90 Å². The topological polar surface area (TPSA) is 141 Å². The molecule has 0 atom stereocenters. The van der Waals surface area contributed by atoms with Crippen LogP contribution in [-0.2, 0) is 9.59 Å². The minimum Gasteiger partial charge on any atom is -0.356 e. The fourth-order valence-corrected chi connectivity index (χ4v) is 3.32. The van der Waals surface area contributed by atoms with Crippen molar-refractivity contribution in [3.05, 3.63) is 58.3 Å². The first-order chi connectivity index (χ1) is 14.5. The first-order valence-electron chi connectivity index (χ1n) is 9.42. The lowest BCUT2D eigenvalue weighted by Crippen LogP contribution is -2.42. The highest BCUT2D eigenvalue weighted by Gasteiger charge is 2.24. The van der Waals surface area contributed by atoms with Crippen LogP contribution in [0.3, 0.4) is 0 Å². The Morgan fingerprint density at radius 3 is 2.63 bits per heavy atom. The highest BCUT2D eigenvalue weighted by atomic mass is 16.6. The molecule has 3 rings (SSSR count). The number of pyridine rings is 1. The molecular weight excluding hydrogens is 388 g/mol. The van der Waals surface area contributed by atoms with Crippen LogP contribution in [0, 0.1) is 27.4 Å². The number of rotatable bonds is 5. The zero-order valence-electron chi connectivity index (χ0n) is 16.1. The number of nitro groups is 1. The van der Waals surface area contributed by atoms with Gasteiger partial charge in [-0.25, -0.2) is 4.98 Å². The summed E-state index contributed by atoms with van der Waals surface area (Å²) >= 11 is 0. The van der Waals surface area contributed by atoms with E-state index in [2.05, 4.69) is 21.7 Å². The second-order valence-corrected chi connectivity index (χ2v) is 6.86. The molecule has 1 aromatic carbocycles. The highest BCUT2D eigenvalue weighted by molar-refractivity contribution is 6.39. The number of nitriles is 1. The molecule has 1 aliphatic rings. The molecule has 2 N–H and O–H groups in total. The van der Waals surface area contributed by atoms with Gasteiger partial charge >= 0.3 is 11.8 Å². The molecule has 1 fully saturated rings. The molecule has 0 unspecified atom stereocenters. The molecule has 2 amide bonds. The summed E-state index contributed by atoms with van der Waals surface area (Å²) in [4.78, 5) is 40.9. The van der Waals surface area contributed by atoms with Crippen LogP contribution < -0.4 is 15.5 Å². The Morgan fingerprint density at radius 2 is 1.93 bits per heavy atom. The summed E-state index contributed by atoms with van der Waals surface area (Å²) < 4.78 is 0. The van der Waals surface area contributed by atoms with Crippen LogP contribution in [0.4, 0.5) is 17.2 Å². The van der Waals surface area contributed by atoms with E-state index < -0.39 is 16.7 Å². The molecule has 30 heavy (non-hydrogen) atoms. The maximum Gasteiger partial charge on any atom is 0.313 e. The molecule has 2 heterocycles. The summed E-state index contributed by atoms with van der Waals surface area (Å²) in [6, 6.07) is 11.2. The molecule has 10 nitrogen and oxygen atoms in total. The predicted octanol–water partition coefficient (Wildman–Crippen LogP) is 1.83. The van der Waals surface area contributed by atoms with Gasteiger partial charge in [0.15, 0.2) is 0 Å². The number of aromatic nitrogens is 1. The molecule has 0 aliphatic carbocycles. The third kappa shape index (κ3) is 4.88. The quantitative estimate of drug-likeness (QED) is 0.437. The van der Waals surface area contributed by atoms with Crippen molar-refractivity contribution < 1.29 is 14.5 Å². The Bertz CT molecular complexity index is 995. The number of para-hydroxylation sites is 2. The molecule has 10 heteroatoms. The smallest absolute Gasteiger partial charge is 0.313 e. The average molecular weight is 408 g/mol. The lowest BCUT2D eigenvalue weighted by Gasteiger charge is -2.33.